The van der Waals surface area contributed by atoms with Gasteiger partial charge >= 0.3 is 6.03 Å². The Morgan fingerprint density at radius 3 is 3.00 bits per heavy atom. The van der Waals surface area contributed by atoms with Gasteiger partial charge in [-0.15, -0.1) is 11.3 Å². The van der Waals surface area contributed by atoms with Crippen LogP contribution in [0, 0.1) is 0 Å². The van der Waals surface area contributed by atoms with E-state index < -0.39 is 0 Å². The lowest BCUT2D eigenvalue weighted by molar-refractivity contribution is -0.0135. The summed E-state index contributed by atoms with van der Waals surface area (Å²) >= 11 is 1.52. The van der Waals surface area contributed by atoms with Crippen LogP contribution in [0.25, 0.3) is 0 Å². The number of thiazole rings is 1. The van der Waals surface area contributed by atoms with E-state index in [0.29, 0.717) is 30.7 Å². The van der Waals surface area contributed by atoms with Crippen molar-refractivity contribution < 1.29 is 9.53 Å². The molecule has 2 aromatic heterocycles. The van der Waals surface area contributed by atoms with Crippen LogP contribution in [0.2, 0.25) is 0 Å². The number of carbonyl (C=O) groups excluding carboxylic acids is 1. The largest absolute Gasteiger partial charge is 0.370 e. The van der Waals surface area contributed by atoms with Crippen molar-refractivity contribution in [3.8, 4) is 0 Å². The summed E-state index contributed by atoms with van der Waals surface area (Å²) in [4.78, 5) is 19.7. The zero-order chi connectivity index (χ0) is 17.1. The Balaban J connectivity index is 1.62. The van der Waals surface area contributed by atoms with Crippen molar-refractivity contribution in [3.63, 3.8) is 0 Å². The predicted octanol–water partition coefficient (Wildman–Crippen LogP) is 3.09. The van der Waals surface area contributed by atoms with Gasteiger partial charge in [0.1, 0.15) is 6.10 Å². The zero-order valence-corrected chi connectivity index (χ0v) is 15.0. The first-order valence-electron chi connectivity index (χ1n) is 8.22. The predicted molar refractivity (Wildman–Crippen MR) is 93.4 cm³/mol. The molecule has 2 amide bonds. The number of nitrogens with zero attached hydrogens (tertiary/aromatic N) is 4. The van der Waals surface area contributed by atoms with Crippen LogP contribution in [0.4, 0.5) is 9.93 Å². The fourth-order valence-corrected chi connectivity index (χ4v) is 3.34. The van der Waals surface area contributed by atoms with E-state index in [1.54, 1.807) is 4.90 Å². The summed E-state index contributed by atoms with van der Waals surface area (Å²) in [5.41, 5.74) is 1.01. The van der Waals surface area contributed by atoms with Crippen LogP contribution in [0.1, 0.15) is 43.2 Å². The summed E-state index contributed by atoms with van der Waals surface area (Å²) < 4.78 is 7.66. The molecule has 1 aliphatic rings. The van der Waals surface area contributed by atoms with Crippen LogP contribution in [-0.2, 0) is 11.3 Å². The quantitative estimate of drug-likeness (QED) is 0.921. The van der Waals surface area contributed by atoms with Crippen molar-refractivity contribution in [1.82, 2.24) is 19.7 Å². The molecule has 0 saturated carbocycles. The number of hydrogen-bond donors (Lipinski definition) is 1. The van der Waals surface area contributed by atoms with Crippen LogP contribution in [0.5, 0.6) is 0 Å². The molecule has 1 aliphatic heterocycles. The van der Waals surface area contributed by atoms with E-state index in [1.165, 1.54) is 11.3 Å². The maximum atomic E-state index is 12.5. The Morgan fingerprint density at radius 1 is 1.50 bits per heavy atom. The number of nitrogens with one attached hydrogen (secondary N) is 1. The van der Waals surface area contributed by atoms with Gasteiger partial charge in [-0.25, -0.2) is 9.78 Å². The van der Waals surface area contributed by atoms with Gasteiger partial charge in [-0.3, -0.25) is 10.00 Å². The van der Waals surface area contributed by atoms with Crippen LogP contribution >= 0.6 is 11.3 Å². The van der Waals surface area contributed by atoms with Gasteiger partial charge in [-0.05, 0) is 12.8 Å². The number of hydrogen-bond acceptors (Lipinski definition) is 5. The van der Waals surface area contributed by atoms with E-state index in [4.69, 9.17) is 4.74 Å². The first kappa shape index (κ1) is 16.9. The van der Waals surface area contributed by atoms with E-state index in [9.17, 15) is 4.79 Å². The Hall–Kier alpha value is -1.93. The number of anilines is 1. The number of amides is 2. The van der Waals surface area contributed by atoms with Gasteiger partial charge in [-0.1, -0.05) is 13.8 Å². The van der Waals surface area contributed by atoms with Crippen molar-refractivity contribution in [2.75, 3.05) is 25.0 Å². The highest BCUT2D eigenvalue weighted by atomic mass is 32.1. The Morgan fingerprint density at radius 2 is 2.33 bits per heavy atom. The van der Waals surface area contributed by atoms with E-state index in [0.717, 1.165) is 17.0 Å². The monoisotopic (exact) mass is 349 g/mol. The third kappa shape index (κ3) is 3.76. The number of urea groups is 1. The van der Waals surface area contributed by atoms with Crippen molar-refractivity contribution in [2.24, 2.45) is 0 Å². The molecule has 130 valence electrons. The summed E-state index contributed by atoms with van der Waals surface area (Å²) in [7, 11) is 0. The fourth-order valence-electron chi connectivity index (χ4n) is 2.54. The second kappa shape index (κ2) is 7.31. The number of aryl methyl sites for hydroxylation is 1. The Labute approximate surface area is 145 Å². The molecule has 0 aliphatic carbocycles. The number of carbonyl (C=O) groups is 1. The Kier molecular flexibility index (Phi) is 5.15. The second-order valence-corrected chi connectivity index (χ2v) is 7.15. The minimum Gasteiger partial charge on any atom is -0.370 e. The zero-order valence-electron chi connectivity index (χ0n) is 14.2. The van der Waals surface area contributed by atoms with Gasteiger partial charge in [0.05, 0.1) is 19.3 Å². The number of rotatable bonds is 4. The highest BCUT2D eigenvalue weighted by molar-refractivity contribution is 7.15. The van der Waals surface area contributed by atoms with Gasteiger partial charge in [0.2, 0.25) is 0 Å². The molecule has 0 aromatic carbocycles. The summed E-state index contributed by atoms with van der Waals surface area (Å²) in [5.74, 6) is 0.413. The third-order valence-corrected chi connectivity index (χ3v) is 5.22. The first-order valence-corrected chi connectivity index (χ1v) is 9.04. The molecule has 0 bridgehead atoms. The van der Waals surface area contributed by atoms with Gasteiger partial charge in [0, 0.05) is 35.9 Å². The summed E-state index contributed by atoms with van der Waals surface area (Å²) in [5, 5.41) is 7.81. The van der Waals surface area contributed by atoms with Crippen molar-refractivity contribution >= 4 is 22.5 Å². The third-order valence-electron chi connectivity index (χ3n) is 4.01. The molecule has 3 rings (SSSR count). The number of ether oxygens (including phenoxy) is 1. The minimum absolute atomic E-state index is 0.129. The molecule has 24 heavy (non-hydrogen) atoms. The van der Waals surface area contributed by atoms with Crippen molar-refractivity contribution in [1.29, 1.82) is 0 Å². The molecule has 0 radical (unpaired) electrons. The topological polar surface area (TPSA) is 72.3 Å². The number of aromatic nitrogens is 3. The Bertz CT molecular complexity index is 696. The SMILES string of the molecule is CCn1cc(C2CN(C(=O)Nc3ncc(C(C)C)s3)CCO2)cn1. The van der Waals surface area contributed by atoms with Crippen molar-refractivity contribution in [3.05, 3.63) is 29.0 Å². The van der Waals surface area contributed by atoms with Crippen LogP contribution < -0.4 is 5.32 Å². The molecule has 1 unspecified atom stereocenters. The van der Waals surface area contributed by atoms with Crippen LogP contribution in [0.15, 0.2) is 18.6 Å². The molecule has 2 aromatic rings. The molecule has 8 heteroatoms. The smallest absolute Gasteiger partial charge is 0.323 e. The summed E-state index contributed by atoms with van der Waals surface area (Å²) in [6, 6.07) is -0.129. The second-order valence-electron chi connectivity index (χ2n) is 6.09. The molecule has 7 nitrogen and oxygen atoms in total. The maximum Gasteiger partial charge on any atom is 0.323 e. The highest BCUT2D eigenvalue weighted by Crippen LogP contribution is 2.26. The number of morpholine rings is 1. The normalized spacial score (nSPS) is 18.2. The molecular formula is C16H23N5O2S. The first-order chi connectivity index (χ1) is 11.6. The van der Waals surface area contributed by atoms with E-state index in [2.05, 4.69) is 29.2 Å². The van der Waals surface area contributed by atoms with E-state index in [-0.39, 0.29) is 12.1 Å². The van der Waals surface area contributed by atoms with Gasteiger partial charge in [-0.2, -0.15) is 5.10 Å². The standard InChI is InChI=1S/C16H23N5O2S/c1-4-21-9-12(7-18-21)13-10-20(5-6-23-13)16(22)19-15-17-8-14(24-15)11(2)3/h7-9,11,13H,4-6,10H2,1-3H3,(H,17,19,22). The summed E-state index contributed by atoms with van der Waals surface area (Å²) in [6.45, 7) is 8.70. The molecule has 1 fully saturated rings. The minimum atomic E-state index is -0.132. The van der Waals surface area contributed by atoms with Gasteiger partial charge < -0.3 is 9.64 Å². The lowest BCUT2D eigenvalue weighted by Gasteiger charge is -2.32. The fraction of sp³-hybridized carbons (Fsp3) is 0.562. The van der Waals surface area contributed by atoms with Gasteiger partial charge in [0.25, 0.3) is 0 Å². The lowest BCUT2D eigenvalue weighted by atomic mass is 10.1. The maximum absolute atomic E-state index is 12.5. The molecular weight excluding hydrogens is 326 g/mol. The molecule has 1 atom stereocenters. The van der Waals surface area contributed by atoms with Crippen LogP contribution in [-0.4, -0.2) is 45.4 Å². The average Bonchev–Trinajstić information content (AvgIpc) is 3.24. The van der Waals surface area contributed by atoms with E-state index >= 15 is 0 Å². The van der Waals surface area contributed by atoms with Crippen molar-refractivity contribution in [2.45, 2.75) is 39.3 Å². The molecule has 0 spiro atoms. The molecule has 3 heterocycles. The molecule has 1 saturated heterocycles. The van der Waals surface area contributed by atoms with Crippen LogP contribution in [0.3, 0.4) is 0 Å². The highest BCUT2D eigenvalue weighted by Gasteiger charge is 2.26. The average molecular weight is 349 g/mol. The summed E-state index contributed by atoms with van der Waals surface area (Å²) in [6.07, 6.45) is 5.48. The van der Waals surface area contributed by atoms with Gasteiger partial charge in [0.15, 0.2) is 5.13 Å². The lowest BCUT2D eigenvalue weighted by Crippen LogP contribution is -2.44. The van der Waals surface area contributed by atoms with E-state index in [1.807, 2.05) is 30.2 Å². The molecule has 1 N–H and O–H groups in total.